The second-order valence-electron chi connectivity index (χ2n) is 2.79. The molecule has 0 aliphatic carbocycles. The molecule has 0 unspecified atom stereocenters. The van der Waals surface area contributed by atoms with Crippen molar-refractivity contribution in [1.29, 1.82) is 0 Å². The molecular weight excluding hydrogens is 242 g/mol. The topological polar surface area (TPSA) is 93.5 Å². The largest absolute Gasteiger partial charge is 0.331 e. The smallest absolute Gasteiger partial charge is 0.296 e. The Morgan fingerprint density at radius 2 is 2.27 bits per heavy atom. The van der Waals surface area contributed by atoms with Gasteiger partial charge in [0.25, 0.3) is 14.2 Å². The molecule has 80 valence electrons. The van der Waals surface area contributed by atoms with Gasteiger partial charge in [0.1, 0.15) is 5.69 Å². The third kappa shape index (κ3) is 1.85. The van der Waals surface area contributed by atoms with Crippen molar-refractivity contribution in [3.8, 4) is 11.5 Å². The fraction of sp³-hybridized carbons (Fsp3) is 0.167. The van der Waals surface area contributed by atoms with Gasteiger partial charge in [-0.25, -0.2) is 18.5 Å². The molecule has 0 saturated carbocycles. The summed E-state index contributed by atoms with van der Waals surface area (Å²) < 4.78 is 23.5. The minimum atomic E-state index is -3.87. The average molecular weight is 248 g/mol. The minimum Gasteiger partial charge on any atom is -0.331 e. The zero-order valence-electron chi connectivity index (χ0n) is 7.55. The second kappa shape index (κ2) is 3.31. The van der Waals surface area contributed by atoms with Crippen LogP contribution in [-0.4, -0.2) is 33.2 Å². The molecule has 0 aliphatic heterocycles. The number of imidazole rings is 1. The molecule has 0 spiro atoms. The summed E-state index contributed by atoms with van der Waals surface area (Å²) in [5.74, 6) is 0.231. The Hall–Kier alpha value is -1.41. The number of hydrogen-bond acceptors (Lipinski definition) is 5. The summed E-state index contributed by atoms with van der Waals surface area (Å²) in [5, 5.41) is 5.59. The zero-order valence-corrected chi connectivity index (χ0v) is 9.12. The first kappa shape index (κ1) is 10.1. The lowest BCUT2D eigenvalue weighted by molar-refractivity contribution is 0.602. The van der Waals surface area contributed by atoms with Crippen LogP contribution < -0.4 is 0 Å². The van der Waals surface area contributed by atoms with Gasteiger partial charge in [-0.15, -0.1) is 0 Å². The normalized spacial score (nSPS) is 11.9. The lowest BCUT2D eigenvalue weighted by Gasteiger charge is -1.93. The molecule has 2 heterocycles. The molecule has 0 atom stereocenters. The molecule has 2 aromatic rings. The number of aromatic nitrogens is 5. The summed E-state index contributed by atoms with van der Waals surface area (Å²) in [5.41, 5.74) is 0.595. The van der Waals surface area contributed by atoms with Crippen molar-refractivity contribution < 1.29 is 8.42 Å². The van der Waals surface area contributed by atoms with Gasteiger partial charge in [-0.05, 0) is 0 Å². The van der Waals surface area contributed by atoms with Crippen LogP contribution in [0.3, 0.4) is 0 Å². The minimum absolute atomic E-state index is 0.231. The molecule has 0 bridgehead atoms. The Labute approximate surface area is 89.5 Å². The lowest BCUT2D eigenvalue weighted by Crippen LogP contribution is -1.93. The molecule has 1 N–H and O–H groups in total. The summed E-state index contributed by atoms with van der Waals surface area (Å²) in [7, 11) is 2.96. The van der Waals surface area contributed by atoms with Crippen LogP contribution >= 0.6 is 10.7 Å². The van der Waals surface area contributed by atoms with Gasteiger partial charge in [-0.1, -0.05) is 0 Å². The number of nitrogens with one attached hydrogen (secondary N) is 1. The van der Waals surface area contributed by atoms with Crippen molar-refractivity contribution in [2.24, 2.45) is 7.05 Å². The predicted molar refractivity (Wildman–Crippen MR) is 51.6 cm³/mol. The molecule has 7 nitrogen and oxygen atoms in total. The SMILES string of the molecule is Cn1cncc1-c1n[nH]c(S(=O)(=O)Cl)n1. The van der Waals surface area contributed by atoms with Gasteiger partial charge in [0.05, 0.1) is 12.5 Å². The van der Waals surface area contributed by atoms with Crippen molar-refractivity contribution >= 4 is 19.7 Å². The van der Waals surface area contributed by atoms with E-state index in [1.807, 2.05) is 0 Å². The summed E-state index contributed by atoms with van der Waals surface area (Å²) in [4.78, 5) is 7.59. The fourth-order valence-electron chi connectivity index (χ4n) is 1.04. The summed E-state index contributed by atoms with van der Waals surface area (Å²) in [6.07, 6.45) is 3.08. The third-order valence-corrected chi connectivity index (χ3v) is 2.82. The van der Waals surface area contributed by atoms with E-state index in [-0.39, 0.29) is 11.0 Å². The highest BCUT2D eigenvalue weighted by atomic mass is 35.7. The lowest BCUT2D eigenvalue weighted by atomic mass is 10.4. The van der Waals surface area contributed by atoms with E-state index in [1.165, 1.54) is 6.20 Å². The first-order chi connectivity index (χ1) is 6.98. The van der Waals surface area contributed by atoms with E-state index in [2.05, 4.69) is 20.2 Å². The highest BCUT2D eigenvalue weighted by molar-refractivity contribution is 8.13. The molecule has 0 amide bonds. The molecular formula is C6H6ClN5O2S. The van der Waals surface area contributed by atoms with Gasteiger partial charge in [-0.3, -0.25) is 0 Å². The van der Waals surface area contributed by atoms with Crippen molar-refractivity contribution in [1.82, 2.24) is 24.7 Å². The van der Waals surface area contributed by atoms with Gasteiger partial charge < -0.3 is 4.57 Å². The van der Waals surface area contributed by atoms with E-state index in [0.717, 1.165) is 0 Å². The number of halogens is 1. The number of aryl methyl sites for hydroxylation is 1. The maximum atomic E-state index is 10.9. The van der Waals surface area contributed by atoms with Crippen LogP contribution in [0.5, 0.6) is 0 Å². The zero-order chi connectivity index (χ0) is 11.1. The van der Waals surface area contributed by atoms with Gasteiger partial charge in [0, 0.05) is 17.7 Å². The van der Waals surface area contributed by atoms with Gasteiger partial charge >= 0.3 is 0 Å². The van der Waals surface area contributed by atoms with E-state index >= 15 is 0 Å². The predicted octanol–water partition coefficient (Wildman–Crippen LogP) is 0.133. The van der Waals surface area contributed by atoms with Crippen LogP contribution in [-0.2, 0) is 16.1 Å². The quantitative estimate of drug-likeness (QED) is 0.762. The number of rotatable bonds is 2. The molecule has 0 aliphatic rings. The Morgan fingerprint density at radius 1 is 1.53 bits per heavy atom. The molecule has 2 aromatic heterocycles. The van der Waals surface area contributed by atoms with Gasteiger partial charge in [-0.2, -0.15) is 10.1 Å². The van der Waals surface area contributed by atoms with Crippen LogP contribution in [0, 0.1) is 0 Å². The Morgan fingerprint density at radius 3 is 2.73 bits per heavy atom. The molecule has 9 heteroatoms. The van der Waals surface area contributed by atoms with Crippen LogP contribution in [0.2, 0.25) is 0 Å². The third-order valence-electron chi connectivity index (χ3n) is 1.74. The van der Waals surface area contributed by atoms with Crippen molar-refractivity contribution in [3.05, 3.63) is 12.5 Å². The summed E-state index contributed by atoms with van der Waals surface area (Å²) in [6, 6.07) is 0. The first-order valence-corrected chi connectivity index (χ1v) is 6.13. The van der Waals surface area contributed by atoms with Crippen molar-refractivity contribution in [3.63, 3.8) is 0 Å². The first-order valence-electron chi connectivity index (χ1n) is 3.82. The highest BCUT2D eigenvalue weighted by Crippen LogP contribution is 2.16. The molecule has 0 aromatic carbocycles. The molecule has 0 saturated heterocycles. The van der Waals surface area contributed by atoms with E-state index in [1.54, 1.807) is 17.9 Å². The number of aromatic amines is 1. The van der Waals surface area contributed by atoms with Crippen LogP contribution in [0.1, 0.15) is 0 Å². The van der Waals surface area contributed by atoms with Gasteiger partial charge in [0.15, 0.2) is 5.82 Å². The standard InChI is InChI=1S/C6H6ClN5O2S/c1-12-3-8-2-4(12)5-9-6(11-10-5)15(7,13)14/h2-3H,1H3,(H,9,10,11). The summed E-state index contributed by atoms with van der Waals surface area (Å²) in [6.45, 7) is 0. The Bertz CT molecular complexity index is 586. The maximum absolute atomic E-state index is 10.9. The van der Waals surface area contributed by atoms with Crippen molar-refractivity contribution in [2.45, 2.75) is 5.16 Å². The van der Waals surface area contributed by atoms with E-state index < -0.39 is 9.05 Å². The second-order valence-corrected chi connectivity index (χ2v) is 5.27. The maximum Gasteiger partial charge on any atom is 0.296 e. The van der Waals surface area contributed by atoms with Crippen LogP contribution in [0.4, 0.5) is 0 Å². The van der Waals surface area contributed by atoms with E-state index in [4.69, 9.17) is 10.7 Å². The van der Waals surface area contributed by atoms with E-state index in [0.29, 0.717) is 5.69 Å². The summed E-state index contributed by atoms with van der Waals surface area (Å²) >= 11 is 0. The monoisotopic (exact) mass is 247 g/mol. The highest BCUT2D eigenvalue weighted by Gasteiger charge is 2.17. The average Bonchev–Trinajstić information content (AvgIpc) is 2.69. The molecule has 0 radical (unpaired) electrons. The van der Waals surface area contributed by atoms with Crippen molar-refractivity contribution in [2.75, 3.05) is 0 Å². The number of nitrogens with zero attached hydrogens (tertiary/aromatic N) is 4. The Balaban J connectivity index is 2.50. The fourth-order valence-corrected chi connectivity index (χ4v) is 1.60. The number of H-pyrrole nitrogens is 1. The number of hydrogen-bond donors (Lipinski definition) is 1. The van der Waals surface area contributed by atoms with Crippen LogP contribution in [0.15, 0.2) is 17.7 Å². The van der Waals surface area contributed by atoms with E-state index in [9.17, 15) is 8.42 Å². The van der Waals surface area contributed by atoms with Gasteiger partial charge in [0.2, 0.25) is 0 Å². The Kier molecular flexibility index (Phi) is 2.24. The molecule has 0 fully saturated rings. The molecule has 2 rings (SSSR count). The molecule has 15 heavy (non-hydrogen) atoms. The van der Waals surface area contributed by atoms with Crippen LogP contribution in [0.25, 0.3) is 11.5 Å².